The average molecular weight is 345 g/mol. The van der Waals surface area contributed by atoms with Crippen molar-refractivity contribution in [3.63, 3.8) is 0 Å². The number of alkyl halides is 4. The van der Waals surface area contributed by atoms with Crippen LogP contribution in [0.5, 0.6) is 0 Å². The number of aliphatic hydroxyl groups is 1. The minimum Gasteiger partial charge on any atom is -0.382 e. The van der Waals surface area contributed by atoms with Crippen LogP contribution in [0.4, 0.5) is 17.6 Å². The molecule has 23 heavy (non-hydrogen) atoms. The number of fused-ring (bicyclic) bond motifs is 1. The van der Waals surface area contributed by atoms with Gasteiger partial charge in [-0.15, -0.1) is 0 Å². The van der Waals surface area contributed by atoms with Gasteiger partial charge in [0.1, 0.15) is 12.2 Å². The molecule has 1 aliphatic carbocycles. The molecule has 0 amide bonds. The van der Waals surface area contributed by atoms with Crippen molar-refractivity contribution in [2.75, 3.05) is 0 Å². The molecule has 120 valence electrons. The summed E-state index contributed by atoms with van der Waals surface area (Å²) < 4.78 is 54.9. The summed E-state index contributed by atoms with van der Waals surface area (Å²) in [6, 6.07) is 5.97. The zero-order valence-corrected chi connectivity index (χ0v) is 12.2. The molecule has 2 aromatic rings. The maximum Gasteiger partial charge on any atom is 0.283 e. The molecule has 1 aromatic heterocycles. The van der Waals surface area contributed by atoms with Crippen LogP contribution >= 0.6 is 11.6 Å². The Balaban J connectivity index is 2.22. The number of hydrogen-bond donors (Lipinski definition) is 1. The van der Waals surface area contributed by atoms with Crippen molar-refractivity contribution >= 4 is 11.6 Å². The summed E-state index contributed by atoms with van der Waals surface area (Å²) in [6.07, 6.45) is -5.12. The summed E-state index contributed by atoms with van der Waals surface area (Å²) in [7, 11) is 0. The van der Waals surface area contributed by atoms with E-state index in [1.807, 2.05) is 6.07 Å². The second-order valence-electron chi connectivity index (χ2n) is 5.23. The summed E-state index contributed by atoms with van der Waals surface area (Å²) in [6.45, 7) is 0. The topological polar surface area (TPSA) is 49.0 Å². The zero-order valence-electron chi connectivity index (χ0n) is 11.4. The van der Waals surface area contributed by atoms with E-state index in [4.69, 9.17) is 16.9 Å². The van der Waals surface area contributed by atoms with E-state index in [0.29, 0.717) is 0 Å². The molecule has 3 rings (SSSR count). The molecule has 0 saturated carbocycles. The third-order valence-corrected chi connectivity index (χ3v) is 4.17. The van der Waals surface area contributed by atoms with E-state index in [-0.39, 0.29) is 22.0 Å². The third-order valence-electron chi connectivity index (χ3n) is 3.84. The zero-order chi connectivity index (χ0) is 16.9. The van der Waals surface area contributed by atoms with Crippen LogP contribution in [0.3, 0.4) is 0 Å². The highest BCUT2D eigenvalue weighted by Gasteiger charge is 2.50. The standard InChI is InChI=1S/C15H9ClF4N2O/c16-10-2-1-8(3-7(10)5-21)22-6-9(14(17)18)12-11(22)4-15(19,20)13(12)23/h1-3,6,13-14,23H,4H2. The van der Waals surface area contributed by atoms with Crippen molar-refractivity contribution in [2.45, 2.75) is 24.9 Å². The van der Waals surface area contributed by atoms with Gasteiger partial charge in [0, 0.05) is 28.7 Å². The Hall–Kier alpha value is -2.04. The molecular formula is C15H9ClF4N2O. The lowest BCUT2D eigenvalue weighted by Crippen LogP contribution is -2.23. The molecule has 1 aliphatic rings. The average Bonchev–Trinajstić information content (AvgIpc) is 2.95. The predicted molar refractivity (Wildman–Crippen MR) is 74.1 cm³/mol. The summed E-state index contributed by atoms with van der Waals surface area (Å²) in [4.78, 5) is 0. The Labute approximate surface area is 133 Å². The van der Waals surface area contributed by atoms with Crippen molar-refractivity contribution in [1.29, 1.82) is 5.26 Å². The fourth-order valence-corrected chi connectivity index (χ4v) is 2.92. The Bertz CT molecular complexity index is 826. The number of nitriles is 1. The SMILES string of the molecule is N#Cc1cc(-n2cc(C(F)F)c3c2CC(F)(F)C3O)ccc1Cl. The maximum absolute atomic E-state index is 13.7. The van der Waals surface area contributed by atoms with E-state index < -0.39 is 36.0 Å². The van der Waals surface area contributed by atoms with E-state index in [0.717, 1.165) is 10.8 Å². The monoisotopic (exact) mass is 344 g/mol. The first-order valence-corrected chi connectivity index (χ1v) is 6.92. The Kier molecular flexibility index (Phi) is 3.62. The molecule has 0 aliphatic heterocycles. The predicted octanol–water partition coefficient (Wildman–Crippen LogP) is 4.16. The van der Waals surface area contributed by atoms with Gasteiger partial charge < -0.3 is 9.67 Å². The second kappa shape index (κ2) is 5.25. The lowest BCUT2D eigenvalue weighted by atomic mass is 10.1. The Morgan fingerprint density at radius 3 is 2.70 bits per heavy atom. The maximum atomic E-state index is 13.7. The van der Waals surface area contributed by atoms with Crippen LogP contribution in [0.1, 0.15) is 34.9 Å². The number of hydrogen-bond acceptors (Lipinski definition) is 2. The van der Waals surface area contributed by atoms with Gasteiger partial charge in [0.05, 0.1) is 17.0 Å². The molecular weight excluding hydrogens is 336 g/mol. The number of aromatic nitrogens is 1. The van der Waals surface area contributed by atoms with Crippen LogP contribution in [0.25, 0.3) is 5.69 Å². The summed E-state index contributed by atoms with van der Waals surface area (Å²) in [5, 5.41) is 18.8. The number of nitrogens with zero attached hydrogens (tertiary/aromatic N) is 2. The van der Waals surface area contributed by atoms with Crippen LogP contribution in [-0.2, 0) is 6.42 Å². The molecule has 0 radical (unpaired) electrons. The van der Waals surface area contributed by atoms with Gasteiger partial charge in [0.15, 0.2) is 0 Å². The van der Waals surface area contributed by atoms with Crippen molar-refractivity contribution < 1.29 is 22.7 Å². The summed E-state index contributed by atoms with van der Waals surface area (Å²) >= 11 is 5.81. The van der Waals surface area contributed by atoms with Crippen molar-refractivity contribution in [2.24, 2.45) is 0 Å². The molecule has 8 heteroatoms. The lowest BCUT2D eigenvalue weighted by molar-refractivity contribution is -0.0980. The van der Waals surface area contributed by atoms with Gasteiger partial charge in [-0.05, 0) is 18.2 Å². The molecule has 1 heterocycles. The molecule has 1 unspecified atom stereocenters. The smallest absolute Gasteiger partial charge is 0.283 e. The molecule has 0 spiro atoms. The van der Waals surface area contributed by atoms with Crippen LogP contribution in [-0.4, -0.2) is 15.6 Å². The number of benzene rings is 1. The highest BCUT2D eigenvalue weighted by molar-refractivity contribution is 6.31. The van der Waals surface area contributed by atoms with Crippen LogP contribution in [0.15, 0.2) is 24.4 Å². The Morgan fingerprint density at radius 2 is 2.09 bits per heavy atom. The van der Waals surface area contributed by atoms with Crippen molar-refractivity contribution in [3.05, 3.63) is 51.8 Å². The molecule has 1 aromatic carbocycles. The quantitative estimate of drug-likeness (QED) is 0.831. The summed E-state index contributed by atoms with van der Waals surface area (Å²) in [5.74, 6) is -3.51. The van der Waals surface area contributed by atoms with Crippen molar-refractivity contribution in [1.82, 2.24) is 4.57 Å². The van der Waals surface area contributed by atoms with Crippen LogP contribution < -0.4 is 0 Å². The van der Waals surface area contributed by atoms with Crippen molar-refractivity contribution in [3.8, 4) is 11.8 Å². The number of aliphatic hydroxyl groups excluding tert-OH is 1. The minimum atomic E-state index is -3.51. The number of rotatable bonds is 2. The van der Waals surface area contributed by atoms with Gasteiger partial charge in [-0.3, -0.25) is 0 Å². The van der Waals surface area contributed by atoms with Crippen LogP contribution in [0.2, 0.25) is 5.02 Å². The molecule has 1 atom stereocenters. The fraction of sp³-hybridized carbons (Fsp3) is 0.267. The molecule has 3 nitrogen and oxygen atoms in total. The van der Waals surface area contributed by atoms with E-state index in [1.54, 1.807) is 0 Å². The minimum absolute atomic E-state index is 0.0931. The van der Waals surface area contributed by atoms with Gasteiger partial charge in [0.25, 0.3) is 12.3 Å². The highest BCUT2D eigenvalue weighted by Crippen LogP contribution is 2.48. The lowest BCUT2D eigenvalue weighted by Gasteiger charge is -2.15. The van der Waals surface area contributed by atoms with Gasteiger partial charge in [-0.2, -0.15) is 5.26 Å². The van der Waals surface area contributed by atoms with E-state index >= 15 is 0 Å². The normalized spacial score (nSPS) is 19.0. The van der Waals surface area contributed by atoms with E-state index in [2.05, 4.69) is 0 Å². The van der Waals surface area contributed by atoms with E-state index in [9.17, 15) is 22.7 Å². The van der Waals surface area contributed by atoms with Gasteiger partial charge in [-0.1, -0.05) is 11.6 Å². The fourth-order valence-electron chi connectivity index (χ4n) is 2.76. The van der Waals surface area contributed by atoms with Gasteiger partial charge >= 0.3 is 0 Å². The molecule has 0 bridgehead atoms. The first-order valence-electron chi connectivity index (χ1n) is 6.54. The molecule has 0 saturated heterocycles. The first-order chi connectivity index (χ1) is 10.8. The largest absolute Gasteiger partial charge is 0.382 e. The molecule has 0 fully saturated rings. The highest BCUT2D eigenvalue weighted by atomic mass is 35.5. The van der Waals surface area contributed by atoms with E-state index in [1.165, 1.54) is 18.2 Å². The second-order valence-corrected chi connectivity index (χ2v) is 5.64. The third kappa shape index (κ3) is 2.38. The first kappa shape index (κ1) is 15.8. The van der Waals surface area contributed by atoms with Gasteiger partial charge in [-0.25, -0.2) is 17.6 Å². The Morgan fingerprint density at radius 1 is 1.39 bits per heavy atom. The molecule has 1 N–H and O–H groups in total. The number of halogens is 5. The summed E-state index contributed by atoms with van der Waals surface area (Å²) in [5.41, 5.74) is -0.838. The van der Waals surface area contributed by atoms with Gasteiger partial charge in [0.2, 0.25) is 0 Å². The van der Waals surface area contributed by atoms with Crippen LogP contribution in [0, 0.1) is 11.3 Å².